The van der Waals surface area contributed by atoms with Gasteiger partial charge in [0.15, 0.2) is 0 Å². The highest BCUT2D eigenvalue weighted by Gasteiger charge is 2.16. The molecule has 1 aliphatic rings. The SMILES string of the molecule is OCCCCOc1ccc2c(c1)CCCc1ccc(COc3ccccc3)cc1-2. The van der Waals surface area contributed by atoms with Gasteiger partial charge in [0.2, 0.25) is 0 Å². The number of ether oxygens (including phenoxy) is 2. The lowest BCUT2D eigenvalue weighted by Crippen LogP contribution is -2.00. The summed E-state index contributed by atoms with van der Waals surface area (Å²) in [6, 6.07) is 23.1. The monoisotopic (exact) mass is 388 g/mol. The Morgan fingerprint density at radius 1 is 0.724 bits per heavy atom. The topological polar surface area (TPSA) is 38.7 Å². The molecule has 0 fully saturated rings. The maximum Gasteiger partial charge on any atom is 0.119 e. The number of benzene rings is 3. The summed E-state index contributed by atoms with van der Waals surface area (Å²) in [6.07, 6.45) is 4.96. The van der Waals surface area contributed by atoms with E-state index < -0.39 is 0 Å². The molecule has 0 radical (unpaired) electrons. The van der Waals surface area contributed by atoms with E-state index in [1.54, 1.807) is 0 Å². The van der Waals surface area contributed by atoms with Gasteiger partial charge in [-0.1, -0.05) is 36.4 Å². The van der Waals surface area contributed by atoms with E-state index in [4.69, 9.17) is 14.6 Å². The number of hydrogen-bond acceptors (Lipinski definition) is 3. The first-order chi connectivity index (χ1) is 14.3. The molecule has 1 aliphatic carbocycles. The molecule has 0 saturated carbocycles. The van der Waals surface area contributed by atoms with E-state index in [9.17, 15) is 0 Å². The molecule has 0 bridgehead atoms. The summed E-state index contributed by atoms with van der Waals surface area (Å²) in [7, 11) is 0. The highest BCUT2D eigenvalue weighted by Crippen LogP contribution is 2.35. The minimum absolute atomic E-state index is 0.223. The van der Waals surface area contributed by atoms with Gasteiger partial charge in [-0.25, -0.2) is 0 Å². The molecule has 0 atom stereocenters. The molecule has 0 saturated heterocycles. The Morgan fingerprint density at radius 3 is 2.45 bits per heavy atom. The highest BCUT2D eigenvalue weighted by atomic mass is 16.5. The third-order valence-electron chi connectivity index (χ3n) is 5.40. The van der Waals surface area contributed by atoms with Crippen LogP contribution in [0.2, 0.25) is 0 Å². The van der Waals surface area contributed by atoms with E-state index in [-0.39, 0.29) is 6.61 Å². The number of fused-ring (bicyclic) bond motifs is 3. The van der Waals surface area contributed by atoms with Crippen LogP contribution < -0.4 is 9.47 Å². The Labute approximate surface area is 172 Å². The molecule has 1 N–H and O–H groups in total. The fourth-order valence-corrected chi connectivity index (χ4v) is 3.87. The Morgan fingerprint density at radius 2 is 1.59 bits per heavy atom. The number of aliphatic hydroxyl groups is 1. The molecule has 0 unspecified atom stereocenters. The quantitative estimate of drug-likeness (QED) is 0.513. The molecule has 0 heterocycles. The van der Waals surface area contributed by atoms with Crippen molar-refractivity contribution < 1.29 is 14.6 Å². The molecule has 29 heavy (non-hydrogen) atoms. The van der Waals surface area contributed by atoms with Crippen molar-refractivity contribution in [1.29, 1.82) is 0 Å². The van der Waals surface area contributed by atoms with Gasteiger partial charge in [0.1, 0.15) is 18.1 Å². The van der Waals surface area contributed by atoms with Crippen LogP contribution in [0.3, 0.4) is 0 Å². The summed E-state index contributed by atoms with van der Waals surface area (Å²) in [5.74, 6) is 1.82. The van der Waals surface area contributed by atoms with Crippen molar-refractivity contribution in [3.8, 4) is 22.6 Å². The first kappa shape index (κ1) is 19.5. The first-order valence-electron chi connectivity index (χ1n) is 10.5. The van der Waals surface area contributed by atoms with Crippen LogP contribution in [-0.4, -0.2) is 18.3 Å². The van der Waals surface area contributed by atoms with E-state index in [0.29, 0.717) is 13.2 Å². The summed E-state index contributed by atoms with van der Waals surface area (Å²) in [4.78, 5) is 0. The molecule has 4 rings (SSSR count). The van der Waals surface area contributed by atoms with E-state index in [0.717, 1.165) is 43.6 Å². The Bertz CT molecular complexity index is 934. The maximum absolute atomic E-state index is 8.91. The minimum Gasteiger partial charge on any atom is -0.494 e. The molecule has 0 aliphatic heterocycles. The largest absolute Gasteiger partial charge is 0.494 e. The summed E-state index contributed by atoms with van der Waals surface area (Å²) in [5.41, 5.74) is 6.57. The second-order valence-electron chi connectivity index (χ2n) is 7.54. The van der Waals surface area contributed by atoms with Gasteiger partial charge in [-0.2, -0.15) is 0 Å². The number of unbranched alkanes of at least 4 members (excludes halogenated alkanes) is 1. The predicted molar refractivity (Wildman–Crippen MR) is 116 cm³/mol. The molecule has 0 aromatic heterocycles. The fraction of sp³-hybridized carbons (Fsp3) is 0.308. The molecule has 3 nitrogen and oxygen atoms in total. The van der Waals surface area contributed by atoms with Crippen molar-refractivity contribution in [3.63, 3.8) is 0 Å². The van der Waals surface area contributed by atoms with Crippen LogP contribution in [0.1, 0.15) is 36.0 Å². The molecular weight excluding hydrogens is 360 g/mol. The van der Waals surface area contributed by atoms with E-state index in [1.165, 1.54) is 27.8 Å². The average Bonchev–Trinajstić information content (AvgIpc) is 2.94. The molecule has 150 valence electrons. The van der Waals surface area contributed by atoms with Gasteiger partial charge in [-0.05, 0) is 90.3 Å². The summed E-state index contributed by atoms with van der Waals surface area (Å²) < 4.78 is 11.8. The second kappa shape index (κ2) is 9.62. The lowest BCUT2D eigenvalue weighted by Gasteiger charge is -2.14. The molecule has 3 aromatic carbocycles. The Kier molecular flexibility index (Phi) is 6.48. The number of para-hydroxylation sites is 1. The van der Waals surface area contributed by atoms with Crippen molar-refractivity contribution in [2.24, 2.45) is 0 Å². The van der Waals surface area contributed by atoms with Crippen LogP contribution in [0.15, 0.2) is 66.7 Å². The molecule has 3 heteroatoms. The standard InChI is InChI=1S/C26H28O3/c27-15-4-5-16-28-24-13-14-25-22(18-24)8-6-7-21-12-11-20(17-26(21)25)19-29-23-9-2-1-3-10-23/h1-3,9-14,17-18,27H,4-8,15-16,19H2. The summed E-state index contributed by atoms with van der Waals surface area (Å²) >= 11 is 0. The van der Waals surface area contributed by atoms with Crippen LogP contribution in [0.25, 0.3) is 11.1 Å². The van der Waals surface area contributed by atoms with Crippen LogP contribution >= 0.6 is 0 Å². The van der Waals surface area contributed by atoms with Crippen LogP contribution in [-0.2, 0) is 19.4 Å². The zero-order valence-corrected chi connectivity index (χ0v) is 16.8. The number of aryl methyl sites for hydroxylation is 2. The van der Waals surface area contributed by atoms with Crippen molar-refractivity contribution in [2.75, 3.05) is 13.2 Å². The third kappa shape index (κ3) is 4.99. The van der Waals surface area contributed by atoms with E-state index in [2.05, 4.69) is 36.4 Å². The Balaban J connectivity index is 1.53. The van der Waals surface area contributed by atoms with Crippen LogP contribution in [0.4, 0.5) is 0 Å². The molecule has 0 spiro atoms. The van der Waals surface area contributed by atoms with Gasteiger partial charge in [0.25, 0.3) is 0 Å². The number of aliphatic hydroxyl groups excluding tert-OH is 1. The molecular formula is C26H28O3. The second-order valence-corrected chi connectivity index (χ2v) is 7.54. The van der Waals surface area contributed by atoms with Crippen LogP contribution in [0.5, 0.6) is 11.5 Å². The lowest BCUT2D eigenvalue weighted by molar-refractivity contribution is 0.253. The van der Waals surface area contributed by atoms with Crippen molar-refractivity contribution >= 4 is 0 Å². The minimum atomic E-state index is 0.223. The highest BCUT2D eigenvalue weighted by molar-refractivity contribution is 5.73. The zero-order chi connectivity index (χ0) is 19.9. The van der Waals surface area contributed by atoms with Crippen LogP contribution in [0, 0.1) is 0 Å². The average molecular weight is 389 g/mol. The van der Waals surface area contributed by atoms with Gasteiger partial charge in [-0.3, -0.25) is 0 Å². The summed E-state index contributed by atoms with van der Waals surface area (Å²) in [6.45, 7) is 1.44. The van der Waals surface area contributed by atoms with Crippen molar-refractivity contribution in [2.45, 2.75) is 38.7 Å². The predicted octanol–water partition coefficient (Wildman–Crippen LogP) is 5.57. The van der Waals surface area contributed by atoms with Crippen molar-refractivity contribution in [1.82, 2.24) is 0 Å². The van der Waals surface area contributed by atoms with E-state index in [1.807, 2.05) is 30.3 Å². The zero-order valence-electron chi connectivity index (χ0n) is 16.8. The Hall–Kier alpha value is -2.78. The molecule has 0 amide bonds. The summed E-state index contributed by atoms with van der Waals surface area (Å²) in [5, 5.41) is 8.91. The third-order valence-corrected chi connectivity index (χ3v) is 5.40. The van der Waals surface area contributed by atoms with Gasteiger partial charge in [0.05, 0.1) is 6.61 Å². The fourth-order valence-electron chi connectivity index (χ4n) is 3.87. The number of rotatable bonds is 8. The first-order valence-corrected chi connectivity index (χ1v) is 10.5. The smallest absolute Gasteiger partial charge is 0.119 e. The van der Waals surface area contributed by atoms with Gasteiger partial charge in [0, 0.05) is 6.61 Å². The lowest BCUT2D eigenvalue weighted by atomic mass is 9.95. The normalized spacial score (nSPS) is 12.6. The maximum atomic E-state index is 8.91. The van der Waals surface area contributed by atoms with E-state index >= 15 is 0 Å². The van der Waals surface area contributed by atoms with Gasteiger partial charge in [-0.15, -0.1) is 0 Å². The molecule has 3 aromatic rings. The van der Waals surface area contributed by atoms with Crippen molar-refractivity contribution in [3.05, 3.63) is 83.4 Å². The van der Waals surface area contributed by atoms with Gasteiger partial charge >= 0.3 is 0 Å². The van der Waals surface area contributed by atoms with Gasteiger partial charge < -0.3 is 14.6 Å². The number of hydrogen-bond donors (Lipinski definition) is 1.